The van der Waals surface area contributed by atoms with Crippen LogP contribution in [0.3, 0.4) is 0 Å². The maximum absolute atomic E-state index is 13.0. The smallest absolute Gasteiger partial charge is 0.475 e. The Labute approximate surface area is 187 Å². The van der Waals surface area contributed by atoms with E-state index in [2.05, 4.69) is 48.0 Å². The summed E-state index contributed by atoms with van der Waals surface area (Å²) in [5.74, 6) is -1.18. The van der Waals surface area contributed by atoms with Crippen LogP contribution < -0.4 is 5.56 Å². The Morgan fingerprint density at radius 1 is 1.25 bits per heavy atom. The summed E-state index contributed by atoms with van der Waals surface area (Å²) in [5.41, 5.74) is 1.02. The molecule has 0 radical (unpaired) electrons. The summed E-state index contributed by atoms with van der Waals surface area (Å²) in [5, 5.41) is 15.6. The number of aryl methyl sites for hydroxylation is 1. The molecule has 10 nitrogen and oxygen atoms in total. The molecule has 0 unspecified atom stereocenters. The van der Waals surface area contributed by atoms with Crippen molar-refractivity contribution in [3.8, 4) is 11.5 Å². The largest absolute Gasteiger partial charge is 0.490 e. The van der Waals surface area contributed by atoms with Crippen LogP contribution in [0.15, 0.2) is 28.4 Å². The number of halogens is 4. The molecular formula is C18H17BrF3N7O3. The highest BCUT2D eigenvalue weighted by molar-refractivity contribution is 9.18. The number of aromatic nitrogens is 6. The molecule has 14 heteroatoms. The molecule has 0 aliphatic carbocycles. The maximum Gasteiger partial charge on any atom is 0.490 e. The Morgan fingerprint density at radius 2 is 1.97 bits per heavy atom. The Balaban J connectivity index is 0.000000360. The van der Waals surface area contributed by atoms with Crippen molar-refractivity contribution < 1.29 is 23.1 Å². The zero-order chi connectivity index (χ0) is 23.5. The van der Waals surface area contributed by atoms with Crippen LogP contribution in [0.1, 0.15) is 31.7 Å². The second-order valence-corrected chi connectivity index (χ2v) is 7.60. The molecule has 1 aliphatic rings. The van der Waals surface area contributed by atoms with Crippen LogP contribution in [-0.4, -0.2) is 51.0 Å². The predicted octanol–water partition coefficient (Wildman–Crippen LogP) is 3.15. The summed E-state index contributed by atoms with van der Waals surface area (Å²) < 4.78 is 36.0. The van der Waals surface area contributed by atoms with Crippen molar-refractivity contribution in [2.24, 2.45) is 4.99 Å². The number of aliphatic imine (C=N–C) groups is 1. The average molecular weight is 516 g/mol. The van der Waals surface area contributed by atoms with Crippen molar-refractivity contribution in [3.63, 3.8) is 0 Å². The van der Waals surface area contributed by atoms with Crippen molar-refractivity contribution >= 4 is 38.1 Å². The molecule has 0 saturated heterocycles. The van der Waals surface area contributed by atoms with E-state index >= 15 is 0 Å². The van der Waals surface area contributed by atoms with Crippen LogP contribution in [-0.2, 0) is 17.8 Å². The lowest BCUT2D eigenvalue weighted by Gasteiger charge is -2.12. The number of nitrogens with zero attached hydrogens (tertiary/aromatic N) is 7. The first kappa shape index (κ1) is 23.5. The van der Waals surface area contributed by atoms with Crippen LogP contribution in [0.4, 0.5) is 19.0 Å². The van der Waals surface area contributed by atoms with Gasteiger partial charge in [-0.3, -0.25) is 14.3 Å². The number of fused-ring (bicyclic) bond motifs is 2. The van der Waals surface area contributed by atoms with E-state index in [1.807, 2.05) is 4.57 Å². The van der Waals surface area contributed by atoms with Crippen LogP contribution >= 0.6 is 15.9 Å². The van der Waals surface area contributed by atoms with E-state index in [1.54, 1.807) is 18.6 Å². The molecule has 1 aliphatic heterocycles. The molecule has 32 heavy (non-hydrogen) atoms. The third kappa shape index (κ3) is 4.84. The second kappa shape index (κ2) is 9.54. The normalized spacial score (nSPS) is 12.8. The minimum Gasteiger partial charge on any atom is -0.475 e. The van der Waals surface area contributed by atoms with E-state index in [1.165, 1.54) is 4.40 Å². The van der Waals surface area contributed by atoms with Gasteiger partial charge in [-0.25, -0.2) is 19.2 Å². The second-order valence-electron chi connectivity index (χ2n) is 6.68. The summed E-state index contributed by atoms with van der Waals surface area (Å²) in [6.07, 6.45) is 3.34. The van der Waals surface area contributed by atoms with Gasteiger partial charge in [-0.1, -0.05) is 19.8 Å². The van der Waals surface area contributed by atoms with Gasteiger partial charge < -0.3 is 5.11 Å². The van der Waals surface area contributed by atoms with Crippen molar-refractivity contribution in [1.29, 1.82) is 0 Å². The molecule has 0 aromatic carbocycles. The Hall–Kier alpha value is -3.16. The van der Waals surface area contributed by atoms with Gasteiger partial charge in [0.1, 0.15) is 11.5 Å². The molecular weight excluding hydrogens is 499 g/mol. The van der Waals surface area contributed by atoms with E-state index in [0.29, 0.717) is 35.1 Å². The Morgan fingerprint density at radius 3 is 2.56 bits per heavy atom. The molecule has 4 rings (SSSR count). The first-order valence-corrected chi connectivity index (χ1v) is 10.2. The van der Waals surface area contributed by atoms with Gasteiger partial charge in [0.25, 0.3) is 5.56 Å². The van der Waals surface area contributed by atoms with E-state index < -0.39 is 12.1 Å². The van der Waals surface area contributed by atoms with Gasteiger partial charge in [0, 0.05) is 25.4 Å². The van der Waals surface area contributed by atoms with Crippen LogP contribution in [0.5, 0.6) is 0 Å². The van der Waals surface area contributed by atoms with Crippen molar-refractivity contribution in [2.45, 2.75) is 45.3 Å². The lowest BCUT2D eigenvalue weighted by atomic mass is 10.2. The van der Waals surface area contributed by atoms with Gasteiger partial charge in [-0.15, -0.1) is 10.2 Å². The molecule has 170 valence electrons. The number of aliphatic carboxylic acids is 1. The molecule has 0 atom stereocenters. The highest BCUT2D eigenvalue weighted by Gasteiger charge is 2.38. The summed E-state index contributed by atoms with van der Waals surface area (Å²) in [6, 6.07) is 0. The summed E-state index contributed by atoms with van der Waals surface area (Å²) >= 11 is 3.42. The minimum atomic E-state index is -5.08. The Kier molecular flexibility index (Phi) is 7.01. The number of carbonyl (C=O) groups is 1. The third-order valence-corrected chi connectivity index (χ3v) is 4.90. The molecule has 0 spiro atoms. The van der Waals surface area contributed by atoms with E-state index in [9.17, 15) is 18.0 Å². The quantitative estimate of drug-likeness (QED) is 0.516. The maximum atomic E-state index is 13.0. The van der Waals surface area contributed by atoms with Gasteiger partial charge in [-0.05, 0) is 22.4 Å². The predicted molar refractivity (Wildman–Crippen MR) is 111 cm³/mol. The van der Waals surface area contributed by atoms with Crippen LogP contribution in [0.25, 0.3) is 17.3 Å². The topological polar surface area (TPSA) is 128 Å². The molecule has 0 fully saturated rings. The van der Waals surface area contributed by atoms with Crippen LogP contribution in [0.2, 0.25) is 0 Å². The van der Waals surface area contributed by atoms with E-state index in [4.69, 9.17) is 9.90 Å². The first-order valence-electron chi connectivity index (χ1n) is 9.45. The molecule has 0 saturated carbocycles. The monoisotopic (exact) mass is 515 g/mol. The average Bonchev–Trinajstić information content (AvgIpc) is 3.35. The molecule has 1 N–H and O–H groups in total. The Bertz CT molecular complexity index is 1220. The number of carboxylic acid groups (broad SMARTS) is 1. The highest BCUT2D eigenvalue weighted by Crippen LogP contribution is 2.29. The number of rotatable bonds is 5. The lowest BCUT2D eigenvalue weighted by molar-refractivity contribution is -0.192. The molecule has 0 amide bonds. The van der Waals surface area contributed by atoms with Gasteiger partial charge in [0.15, 0.2) is 5.82 Å². The standard InChI is InChI=1S/C16H16BrN7O.C2HF3O2/c1-2-3-4-7-23-13-10(8-12(17)20-13)15(25)24-14(21-22-16(23)24)11-9-18-5-6-19-11;3-2(4,5)1(6)7/h5-6,9H,2-4,7-8H2,1H3;(H,6,7). The molecule has 3 aromatic rings. The number of hydrogen-bond acceptors (Lipinski definition) is 7. The summed E-state index contributed by atoms with van der Waals surface area (Å²) in [6.45, 7) is 2.89. The zero-order valence-electron chi connectivity index (χ0n) is 16.7. The third-order valence-electron chi connectivity index (χ3n) is 4.44. The van der Waals surface area contributed by atoms with Gasteiger partial charge in [0.2, 0.25) is 5.78 Å². The fourth-order valence-corrected chi connectivity index (χ4v) is 3.46. The van der Waals surface area contributed by atoms with Gasteiger partial charge >= 0.3 is 12.1 Å². The lowest BCUT2D eigenvalue weighted by Crippen LogP contribution is -2.23. The molecule has 3 aromatic heterocycles. The summed E-state index contributed by atoms with van der Waals surface area (Å²) in [4.78, 5) is 34.8. The van der Waals surface area contributed by atoms with Crippen molar-refractivity contribution in [1.82, 2.24) is 29.1 Å². The van der Waals surface area contributed by atoms with Crippen LogP contribution in [0, 0.1) is 0 Å². The SMILES string of the molecule is CCCCCn1c2c(c(=O)n3c(-c4cnccn4)nnc13)CC(Br)=N2.O=C(O)C(F)(F)F. The molecule has 4 heterocycles. The summed E-state index contributed by atoms with van der Waals surface area (Å²) in [7, 11) is 0. The van der Waals surface area contributed by atoms with Gasteiger partial charge in [0.05, 0.1) is 16.4 Å². The molecule has 0 bridgehead atoms. The zero-order valence-corrected chi connectivity index (χ0v) is 18.3. The fourth-order valence-electron chi connectivity index (χ4n) is 3.02. The first-order chi connectivity index (χ1) is 15.1. The van der Waals surface area contributed by atoms with E-state index in [0.717, 1.165) is 30.4 Å². The number of alkyl halides is 3. The van der Waals surface area contributed by atoms with Gasteiger partial charge in [-0.2, -0.15) is 13.2 Å². The van der Waals surface area contributed by atoms with Crippen molar-refractivity contribution in [2.75, 3.05) is 0 Å². The number of unbranched alkanes of at least 4 members (excludes halogenated alkanes) is 2. The minimum absolute atomic E-state index is 0.152. The van der Waals surface area contributed by atoms with Crippen molar-refractivity contribution in [3.05, 3.63) is 34.5 Å². The number of hydrogen-bond donors (Lipinski definition) is 1. The fraction of sp³-hybridized carbons (Fsp3) is 0.389. The highest BCUT2D eigenvalue weighted by atomic mass is 79.9. The van der Waals surface area contributed by atoms with E-state index in [-0.39, 0.29) is 5.56 Å². The number of carboxylic acids is 1.